The predicted octanol–water partition coefficient (Wildman–Crippen LogP) is 1.97. The van der Waals surface area contributed by atoms with Gasteiger partial charge in [-0.2, -0.15) is 5.26 Å². The highest BCUT2D eigenvalue weighted by molar-refractivity contribution is 7.99. The molecule has 0 spiro atoms. The molecule has 5 nitrogen and oxygen atoms in total. The van der Waals surface area contributed by atoms with Gasteiger partial charge in [0.25, 0.3) is 0 Å². The van der Waals surface area contributed by atoms with Crippen molar-refractivity contribution in [2.75, 3.05) is 12.3 Å². The first kappa shape index (κ1) is 15.0. The number of nitriles is 1. The first-order chi connectivity index (χ1) is 8.67. The highest BCUT2D eigenvalue weighted by atomic mass is 32.2. The Labute approximate surface area is 113 Å². The van der Waals surface area contributed by atoms with Crippen molar-refractivity contribution in [2.45, 2.75) is 43.8 Å². The molecule has 1 rings (SSSR count). The van der Waals surface area contributed by atoms with Gasteiger partial charge in [0.15, 0.2) is 5.16 Å². The SMILES string of the molecule is CCNC(C#N)(CC)CCCSc1nncn1C. The Kier molecular flexibility index (Phi) is 6.16. The average molecular weight is 267 g/mol. The van der Waals surface area contributed by atoms with Gasteiger partial charge in [-0.3, -0.25) is 5.32 Å². The Morgan fingerprint density at radius 1 is 1.56 bits per heavy atom. The van der Waals surface area contributed by atoms with Crippen molar-refractivity contribution in [3.05, 3.63) is 6.33 Å². The van der Waals surface area contributed by atoms with E-state index in [-0.39, 0.29) is 5.54 Å². The van der Waals surface area contributed by atoms with E-state index in [4.69, 9.17) is 0 Å². The second-order valence-electron chi connectivity index (χ2n) is 4.25. The second kappa shape index (κ2) is 7.39. The van der Waals surface area contributed by atoms with Gasteiger partial charge in [0.05, 0.1) is 6.07 Å². The number of hydrogen-bond acceptors (Lipinski definition) is 5. The van der Waals surface area contributed by atoms with Crippen molar-refractivity contribution in [1.82, 2.24) is 20.1 Å². The van der Waals surface area contributed by atoms with Crippen molar-refractivity contribution >= 4 is 11.8 Å². The van der Waals surface area contributed by atoms with Gasteiger partial charge in [-0.1, -0.05) is 25.6 Å². The van der Waals surface area contributed by atoms with Crippen LogP contribution in [0.15, 0.2) is 11.5 Å². The van der Waals surface area contributed by atoms with Crippen LogP contribution in [-0.2, 0) is 7.05 Å². The van der Waals surface area contributed by atoms with Gasteiger partial charge < -0.3 is 4.57 Å². The van der Waals surface area contributed by atoms with Crippen LogP contribution in [0.5, 0.6) is 0 Å². The summed E-state index contributed by atoms with van der Waals surface area (Å²) in [6.45, 7) is 4.93. The van der Waals surface area contributed by atoms with E-state index < -0.39 is 0 Å². The lowest BCUT2D eigenvalue weighted by Crippen LogP contribution is -2.43. The first-order valence-corrected chi connectivity index (χ1v) is 7.29. The van der Waals surface area contributed by atoms with Gasteiger partial charge in [0.1, 0.15) is 11.9 Å². The fourth-order valence-corrected chi connectivity index (χ4v) is 2.67. The van der Waals surface area contributed by atoms with Gasteiger partial charge in [0, 0.05) is 12.8 Å². The number of nitrogens with zero attached hydrogens (tertiary/aromatic N) is 4. The lowest BCUT2D eigenvalue weighted by Gasteiger charge is -2.25. The summed E-state index contributed by atoms with van der Waals surface area (Å²) in [5.41, 5.74) is -0.366. The maximum atomic E-state index is 9.29. The third-order valence-corrected chi connectivity index (χ3v) is 4.10. The standard InChI is InChI=1S/C12H21N5S/c1-4-12(9-13,14-5-2)7-6-8-18-11-16-15-10-17(11)3/h10,14H,4-8H2,1-3H3. The lowest BCUT2D eigenvalue weighted by atomic mass is 9.92. The zero-order valence-electron chi connectivity index (χ0n) is 11.3. The largest absolute Gasteiger partial charge is 0.312 e. The molecule has 0 aromatic carbocycles. The molecule has 0 aliphatic rings. The van der Waals surface area contributed by atoms with Gasteiger partial charge in [0.2, 0.25) is 0 Å². The van der Waals surface area contributed by atoms with E-state index >= 15 is 0 Å². The number of rotatable bonds is 8. The molecular weight excluding hydrogens is 246 g/mol. The molecule has 1 unspecified atom stereocenters. The summed E-state index contributed by atoms with van der Waals surface area (Å²) in [5.74, 6) is 0.960. The van der Waals surface area contributed by atoms with Crippen LogP contribution >= 0.6 is 11.8 Å². The van der Waals surface area contributed by atoms with E-state index in [9.17, 15) is 5.26 Å². The number of aryl methyl sites for hydroxylation is 1. The van der Waals surface area contributed by atoms with E-state index in [2.05, 4.69) is 28.5 Å². The number of hydrogen-bond donors (Lipinski definition) is 1. The van der Waals surface area contributed by atoms with Gasteiger partial charge in [-0.25, -0.2) is 0 Å². The summed E-state index contributed by atoms with van der Waals surface area (Å²) >= 11 is 1.69. The third-order valence-electron chi connectivity index (χ3n) is 2.98. The van der Waals surface area contributed by atoms with Gasteiger partial charge in [-0.15, -0.1) is 10.2 Å². The van der Waals surface area contributed by atoms with Crippen molar-refractivity contribution in [3.63, 3.8) is 0 Å². The van der Waals surface area contributed by atoms with E-state index in [1.165, 1.54) is 0 Å². The molecule has 0 radical (unpaired) electrons. The Balaban J connectivity index is 2.36. The lowest BCUT2D eigenvalue weighted by molar-refractivity contribution is 0.379. The summed E-state index contributed by atoms with van der Waals surface area (Å²) in [6.07, 6.45) is 4.41. The third kappa shape index (κ3) is 4.00. The quantitative estimate of drug-likeness (QED) is 0.576. The summed E-state index contributed by atoms with van der Waals surface area (Å²) in [6, 6.07) is 2.42. The summed E-state index contributed by atoms with van der Waals surface area (Å²) in [4.78, 5) is 0. The minimum atomic E-state index is -0.366. The molecule has 18 heavy (non-hydrogen) atoms. The van der Waals surface area contributed by atoms with E-state index in [0.29, 0.717) is 0 Å². The second-order valence-corrected chi connectivity index (χ2v) is 5.32. The number of nitrogens with one attached hydrogen (secondary N) is 1. The molecule has 1 aromatic heterocycles. The summed E-state index contributed by atoms with van der Waals surface area (Å²) < 4.78 is 1.91. The van der Waals surface area contributed by atoms with Crippen LogP contribution in [0.1, 0.15) is 33.1 Å². The smallest absolute Gasteiger partial charge is 0.190 e. The Morgan fingerprint density at radius 2 is 2.33 bits per heavy atom. The van der Waals surface area contributed by atoms with Crippen LogP contribution in [0.3, 0.4) is 0 Å². The zero-order chi connectivity index (χ0) is 13.4. The van der Waals surface area contributed by atoms with E-state index in [1.54, 1.807) is 18.1 Å². The van der Waals surface area contributed by atoms with Gasteiger partial charge >= 0.3 is 0 Å². The minimum Gasteiger partial charge on any atom is -0.312 e. The maximum Gasteiger partial charge on any atom is 0.190 e. The molecule has 0 fully saturated rings. The van der Waals surface area contributed by atoms with Crippen LogP contribution in [0.2, 0.25) is 0 Å². The van der Waals surface area contributed by atoms with Crippen LogP contribution in [-0.4, -0.2) is 32.6 Å². The molecule has 0 aliphatic heterocycles. The average Bonchev–Trinajstić information content (AvgIpc) is 2.79. The van der Waals surface area contributed by atoms with Crippen molar-refractivity contribution < 1.29 is 0 Å². The summed E-state index contributed by atoms with van der Waals surface area (Å²) in [7, 11) is 1.94. The fourth-order valence-electron chi connectivity index (χ4n) is 1.84. The van der Waals surface area contributed by atoms with Crippen LogP contribution in [0.25, 0.3) is 0 Å². The molecule has 1 aromatic rings. The molecular formula is C12H21N5S. The summed E-state index contributed by atoms with van der Waals surface area (Å²) in [5, 5.41) is 21.4. The molecule has 1 N–H and O–H groups in total. The Bertz CT molecular complexity index is 397. The Hall–Kier alpha value is -1.06. The van der Waals surface area contributed by atoms with Crippen LogP contribution in [0.4, 0.5) is 0 Å². The predicted molar refractivity (Wildman–Crippen MR) is 73.3 cm³/mol. The molecule has 0 aliphatic carbocycles. The number of aromatic nitrogens is 3. The van der Waals surface area contributed by atoms with Crippen molar-refractivity contribution in [3.8, 4) is 6.07 Å². The normalized spacial score (nSPS) is 14.1. The molecule has 1 heterocycles. The molecule has 0 saturated carbocycles. The molecule has 0 bridgehead atoms. The molecule has 0 saturated heterocycles. The molecule has 100 valence electrons. The zero-order valence-corrected chi connectivity index (χ0v) is 12.1. The first-order valence-electron chi connectivity index (χ1n) is 6.30. The monoisotopic (exact) mass is 267 g/mol. The van der Waals surface area contributed by atoms with E-state index in [1.807, 2.05) is 18.5 Å². The number of thioether (sulfide) groups is 1. The van der Waals surface area contributed by atoms with E-state index in [0.717, 1.165) is 36.7 Å². The minimum absolute atomic E-state index is 0.366. The topological polar surface area (TPSA) is 66.5 Å². The highest BCUT2D eigenvalue weighted by Crippen LogP contribution is 2.21. The maximum absolute atomic E-state index is 9.29. The van der Waals surface area contributed by atoms with Crippen molar-refractivity contribution in [2.24, 2.45) is 7.05 Å². The molecule has 1 atom stereocenters. The van der Waals surface area contributed by atoms with Gasteiger partial charge in [-0.05, 0) is 25.8 Å². The Morgan fingerprint density at radius 3 is 2.83 bits per heavy atom. The fraction of sp³-hybridized carbons (Fsp3) is 0.750. The van der Waals surface area contributed by atoms with Crippen LogP contribution < -0.4 is 5.32 Å². The highest BCUT2D eigenvalue weighted by Gasteiger charge is 2.25. The van der Waals surface area contributed by atoms with Crippen molar-refractivity contribution in [1.29, 1.82) is 5.26 Å². The van der Waals surface area contributed by atoms with Crippen LogP contribution in [0, 0.1) is 11.3 Å². The molecule has 0 amide bonds. The molecule has 6 heteroatoms.